The first-order chi connectivity index (χ1) is 19.2. The molecular formula is C29H45N3O8. The molecule has 0 aliphatic rings. The Morgan fingerprint density at radius 2 is 1.23 bits per heavy atom. The lowest BCUT2D eigenvalue weighted by Gasteiger charge is -2.14. The highest BCUT2D eigenvalue weighted by Gasteiger charge is 2.19. The van der Waals surface area contributed by atoms with Crippen LogP contribution in [0, 0.1) is 0 Å². The number of hydrogen-bond donors (Lipinski definition) is 5. The lowest BCUT2D eigenvalue weighted by atomic mass is 10.2. The lowest BCUT2D eigenvalue weighted by Crippen LogP contribution is -2.41. The lowest BCUT2D eigenvalue weighted by molar-refractivity contribution is -0.143. The Morgan fingerprint density at radius 3 is 1.55 bits per heavy atom. The van der Waals surface area contributed by atoms with E-state index >= 15 is 0 Å². The highest BCUT2D eigenvalue weighted by atomic mass is 16.6. The first kappa shape index (κ1) is 36.3. The summed E-state index contributed by atoms with van der Waals surface area (Å²) in [6.07, 6.45) is 0.862. The van der Waals surface area contributed by atoms with Gasteiger partial charge in [-0.2, -0.15) is 0 Å². The molecule has 0 spiro atoms. The smallest absolute Gasteiger partial charge is 0.408 e. The predicted molar refractivity (Wildman–Crippen MR) is 152 cm³/mol. The maximum atomic E-state index is 11.5. The number of benzene rings is 2. The van der Waals surface area contributed by atoms with E-state index < -0.39 is 24.2 Å². The number of ether oxygens (including phenoxy) is 3. The first-order valence-corrected chi connectivity index (χ1v) is 13.2. The molecule has 2 aromatic carbocycles. The normalized spacial score (nSPS) is 12.1. The van der Waals surface area contributed by atoms with E-state index in [1.807, 2.05) is 74.5 Å². The summed E-state index contributed by atoms with van der Waals surface area (Å²) in [5.74, 6) is -0.478. The summed E-state index contributed by atoms with van der Waals surface area (Å²) in [4.78, 5) is 34.0. The van der Waals surface area contributed by atoms with Crippen LogP contribution in [0.2, 0.25) is 0 Å². The van der Waals surface area contributed by atoms with Crippen LogP contribution in [0.3, 0.4) is 0 Å². The summed E-state index contributed by atoms with van der Waals surface area (Å²) in [5, 5.41) is 22.1. The summed E-state index contributed by atoms with van der Waals surface area (Å²) in [6, 6.07) is 17.9. The van der Waals surface area contributed by atoms with Crippen molar-refractivity contribution in [3.63, 3.8) is 0 Å². The quantitative estimate of drug-likeness (QED) is 0.192. The van der Waals surface area contributed by atoms with Crippen molar-refractivity contribution in [3.8, 4) is 0 Å². The van der Waals surface area contributed by atoms with Gasteiger partial charge in [0.15, 0.2) is 0 Å². The van der Waals surface area contributed by atoms with Gasteiger partial charge in [-0.25, -0.2) is 14.4 Å². The molecule has 2 amide bonds. The number of nitrogens with one attached hydrogen (secondary N) is 2. The number of amides is 2. The number of esters is 1. The van der Waals surface area contributed by atoms with Crippen LogP contribution < -0.4 is 16.4 Å². The van der Waals surface area contributed by atoms with Gasteiger partial charge in [-0.1, -0.05) is 81.4 Å². The topological polar surface area (TPSA) is 169 Å². The van der Waals surface area contributed by atoms with Gasteiger partial charge in [0.1, 0.15) is 19.3 Å². The molecule has 0 bridgehead atoms. The summed E-state index contributed by atoms with van der Waals surface area (Å²) >= 11 is 0. The molecule has 6 N–H and O–H groups in total. The molecule has 3 atom stereocenters. The van der Waals surface area contributed by atoms with E-state index in [1.165, 1.54) is 7.11 Å². The Hall–Kier alpha value is -3.67. The fourth-order valence-corrected chi connectivity index (χ4v) is 2.71. The van der Waals surface area contributed by atoms with Gasteiger partial charge in [0, 0.05) is 6.04 Å². The van der Waals surface area contributed by atoms with Crippen LogP contribution in [0.5, 0.6) is 0 Å². The molecule has 0 aliphatic carbocycles. The highest BCUT2D eigenvalue weighted by molar-refractivity contribution is 5.81. The van der Waals surface area contributed by atoms with Crippen molar-refractivity contribution >= 4 is 18.2 Å². The first-order valence-electron chi connectivity index (χ1n) is 13.2. The average molecular weight is 564 g/mol. The van der Waals surface area contributed by atoms with Crippen LogP contribution in [0.4, 0.5) is 9.59 Å². The molecule has 0 fully saturated rings. The zero-order chi connectivity index (χ0) is 30.2. The minimum atomic E-state index is -0.668. The van der Waals surface area contributed by atoms with Gasteiger partial charge in [-0.15, -0.1) is 0 Å². The van der Waals surface area contributed by atoms with Gasteiger partial charge in [0.05, 0.1) is 26.4 Å². The monoisotopic (exact) mass is 563 g/mol. The standard InChI is InChI=1S/C13H17NO4.C12H17NO3.C4H11NO/c1-3-11(12(15)17-2)14-13(16)18-9-10-7-5-4-6-8-10;1-2-11(8-14)13-12(15)16-9-10-6-4-3-5-7-10;1-2-4(5)3-6/h4-8,11H,3,9H2,1-2H3,(H,14,16);3-7,11,14H,2,8-9H2,1H3,(H,13,15);4,6H,2-3,5H2,1H3/t2*11-;4-/m111/s1. The number of aliphatic hydroxyl groups is 2. The number of alkyl carbamates (subject to hydrolysis) is 2. The second-order valence-electron chi connectivity index (χ2n) is 8.53. The van der Waals surface area contributed by atoms with E-state index in [2.05, 4.69) is 15.4 Å². The Balaban J connectivity index is 0.000000636. The third-order valence-corrected chi connectivity index (χ3v) is 5.41. The number of hydrogen-bond acceptors (Lipinski definition) is 9. The van der Waals surface area contributed by atoms with Crippen molar-refractivity contribution < 1.29 is 38.8 Å². The number of rotatable bonds is 12. The maximum Gasteiger partial charge on any atom is 0.408 e. The van der Waals surface area contributed by atoms with Gasteiger partial charge in [0.25, 0.3) is 0 Å². The van der Waals surface area contributed by atoms with Crippen molar-refractivity contribution in [1.82, 2.24) is 10.6 Å². The number of carbonyl (C=O) groups is 3. The molecular weight excluding hydrogens is 518 g/mol. The second-order valence-corrected chi connectivity index (χ2v) is 8.53. The van der Waals surface area contributed by atoms with Gasteiger partial charge in [0.2, 0.25) is 0 Å². The number of aliphatic hydroxyl groups excluding tert-OH is 2. The largest absolute Gasteiger partial charge is 0.467 e. The van der Waals surface area contributed by atoms with Crippen molar-refractivity contribution in [2.75, 3.05) is 20.3 Å². The van der Waals surface area contributed by atoms with Gasteiger partial charge >= 0.3 is 18.2 Å². The zero-order valence-electron chi connectivity index (χ0n) is 23.9. The van der Waals surface area contributed by atoms with Crippen molar-refractivity contribution in [2.45, 2.75) is 71.4 Å². The minimum absolute atomic E-state index is 0.00926. The van der Waals surface area contributed by atoms with Gasteiger partial charge in [-0.05, 0) is 30.4 Å². The minimum Gasteiger partial charge on any atom is -0.467 e. The number of nitrogens with two attached hydrogens (primary N) is 1. The van der Waals surface area contributed by atoms with Crippen molar-refractivity contribution in [3.05, 3.63) is 71.8 Å². The summed E-state index contributed by atoms with van der Waals surface area (Å²) in [6.45, 7) is 6.06. The van der Waals surface area contributed by atoms with Crippen LogP contribution in [0.25, 0.3) is 0 Å². The fourth-order valence-electron chi connectivity index (χ4n) is 2.71. The molecule has 2 aromatic rings. The average Bonchev–Trinajstić information content (AvgIpc) is 3.01. The second kappa shape index (κ2) is 23.2. The molecule has 0 saturated heterocycles. The van der Waals surface area contributed by atoms with Crippen molar-refractivity contribution in [2.24, 2.45) is 5.73 Å². The van der Waals surface area contributed by atoms with E-state index in [0.717, 1.165) is 17.5 Å². The molecule has 0 aliphatic heterocycles. The van der Waals surface area contributed by atoms with Crippen LogP contribution in [-0.2, 0) is 32.2 Å². The van der Waals surface area contributed by atoms with E-state index in [1.54, 1.807) is 6.92 Å². The summed E-state index contributed by atoms with van der Waals surface area (Å²) < 4.78 is 14.6. The van der Waals surface area contributed by atoms with E-state index in [9.17, 15) is 14.4 Å². The Bertz CT molecular complexity index is 923. The molecule has 0 heterocycles. The van der Waals surface area contributed by atoms with Crippen LogP contribution in [0.15, 0.2) is 60.7 Å². The molecule has 0 unspecified atom stereocenters. The maximum absolute atomic E-state index is 11.5. The van der Waals surface area contributed by atoms with Crippen LogP contribution in [-0.4, -0.2) is 66.8 Å². The van der Waals surface area contributed by atoms with Gasteiger partial charge in [-0.3, -0.25) is 0 Å². The van der Waals surface area contributed by atoms with Crippen molar-refractivity contribution in [1.29, 1.82) is 0 Å². The third-order valence-electron chi connectivity index (χ3n) is 5.41. The molecule has 0 saturated carbocycles. The molecule has 0 aromatic heterocycles. The van der Waals surface area contributed by atoms with E-state index in [0.29, 0.717) is 12.8 Å². The SMILES string of the molecule is CC[C@@H](N)CO.CC[C@@H](NC(=O)OCc1ccccc1)C(=O)OC.CC[C@H](CO)NC(=O)OCc1ccccc1. The molecule has 224 valence electrons. The Morgan fingerprint density at radius 1 is 0.750 bits per heavy atom. The van der Waals surface area contributed by atoms with Crippen LogP contribution in [0.1, 0.15) is 51.2 Å². The van der Waals surface area contributed by atoms with Gasteiger partial charge < -0.3 is 40.8 Å². The fraction of sp³-hybridized carbons (Fsp3) is 0.483. The van der Waals surface area contributed by atoms with E-state index in [-0.39, 0.29) is 38.5 Å². The van der Waals surface area contributed by atoms with Crippen LogP contribution >= 0.6 is 0 Å². The molecule has 11 nitrogen and oxygen atoms in total. The zero-order valence-corrected chi connectivity index (χ0v) is 23.9. The molecule has 0 radical (unpaired) electrons. The molecule has 11 heteroatoms. The Kier molecular flexibility index (Phi) is 21.1. The van der Waals surface area contributed by atoms with E-state index in [4.69, 9.17) is 25.4 Å². The number of methoxy groups -OCH3 is 1. The molecule has 2 rings (SSSR count). The number of carbonyl (C=O) groups excluding carboxylic acids is 3. The summed E-state index contributed by atoms with van der Waals surface area (Å²) in [7, 11) is 1.28. The predicted octanol–water partition coefficient (Wildman–Crippen LogP) is 3.26. The highest BCUT2D eigenvalue weighted by Crippen LogP contribution is 2.02. The third kappa shape index (κ3) is 17.8. The Labute approximate surface area is 237 Å². The summed E-state index contributed by atoms with van der Waals surface area (Å²) in [5.41, 5.74) is 7.05. The molecule has 40 heavy (non-hydrogen) atoms.